The molecule has 0 unspecified atom stereocenters. The number of halogens is 3. The Hall–Kier alpha value is 0.0800. The second kappa shape index (κ2) is 6.46. The minimum absolute atomic E-state index is 0.193. The summed E-state index contributed by atoms with van der Waals surface area (Å²) in [5.41, 5.74) is 0.887. The van der Waals surface area contributed by atoms with Gasteiger partial charge in [0, 0.05) is 10.5 Å². The number of hydrogen-bond donors (Lipinski definition) is 1. The van der Waals surface area contributed by atoms with Gasteiger partial charge >= 0.3 is 0 Å². The highest BCUT2D eigenvalue weighted by atomic mass is 79.9. The minimum Gasteiger partial charge on any atom is -0.206 e. The number of thiophene rings is 1. The van der Waals surface area contributed by atoms with Crippen molar-refractivity contribution in [3.63, 3.8) is 0 Å². The Morgan fingerprint density at radius 2 is 1.85 bits per heavy atom. The topological polar surface area (TPSA) is 46.2 Å². The Morgan fingerprint density at radius 3 is 2.35 bits per heavy atom. The molecule has 0 saturated heterocycles. The molecule has 0 amide bonds. The lowest BCUT2D eigenvalue weighted by atomic mass is 10.1. The first kappa shape index (κ1) is 16.5. The summed E-state index contributed by atoms with van der Waals surface area (Å²) in [6, 6.07) is 8.60. The summed E-state index contributed by atoms with van der Waals surface area (Å²) in [4.78, 5) is 0. The van der Waals surface area contributed by atoms with Crippen LogP contribution < -0.4 is 4.72 Å². The SMILES string of the molecule is C[C@H](NS(=O)(=O)c1cc(Cl)c(Br)s1)c1ccc(Br)cc1. The van der Waals surface area contributed by atoms with Gasteiger partial charge < -0.3 is 0 Å². The summed E-state index contributed by atoms with van der Waals surface area (Å²) in [6.45, 7) is 1.80. The maximum absolute atomic E-state index is 12.3. The van der Waals surface area contributed by atoms with Crippen LogP contribution in [0.2, 0.25) is 5.02 Å². The van der Waals surface area contributed by atoms with Crippen molar-refractivity contribution in [1.29, 1.82) is 0 Å². The van der Waals surface area contributed by atoms with Crippen LogP contribution in [0.25, 0.3) is 0 Å². The molecular weight excluding hydrogens is 450 g/mol. The molecule has 1 aromatic carbocycles. The van der Waals surface area contributed by atoms with Crippen LogP contribution in [0, 0.1) is 0 Å². The van der Waals surface area contributed by atoms with E-state index in [-0.39, 0.29) is 10.3 Å². The monoisotopic (exact) mass is 457 g/mol. The van der Waals surface area contributed by atoms with Crippen LogP contribution in [0.1, 0.15) is 18.5 Å². The third-order valence-electron chi connectivity index (χ3n) is 2.59. The molecule has 2 aromatic rings. The Morgan fingerprint density at radius 1 is 1.25 bits per heavy atom. The molecule has 0 aliphatic heterocycles. The fraction of sp³-hybridized carbons (Fsp3) is 0.167. The fourth-order valence-corrected chi connectivity index (χ4v) is 5.48. The van der Waals surface area contributed by atoms with Crippen LogP contribution in [0.5, 0.6) is 0 Å². The van der Waals surface area contributed by atoms with Crippen molar-refractivity contribution in [3.05, 3.63) is 49.2 Å². The largest absolute Gasteiger partial charge is 0.250 e. The zero-order valence-corrected chi connectivity index (χ0v) is 15.8. The van der Waals surface area contributed by atoms with E-state index in [4.69, 9.17) is 11.6 Å². The van der Waals surface area contributed by atoms with Gasteiger partial charge in [-0.2, -0.15) is 0 Å². The highest BCUT2D eigenvalue weighted by Gasteiger charge is 2.21. The van der Waals surface area contributed by atoms with Crippen molar-refractivity contribution in [2.45, 2.75) is 17.2 Å². The van der Waals surface area contributed by atoms with E-state index in [0.717, 1.165) is 21.4 Å². The van der Waals surface area contributed by atoms with Crippen molar-refractivity contribution >= 4 is 64.8 Å². The van der Waals surface area contributed by atoms with Gasteiger partial charge in [-0.1, -0.05) is 39.7 Å². The van der Waals surface area contributed by atoms with Gasteiger partial charge in [-0.05, 0) is 46.6 Å². The van der Waals surface area contributed by atoms with E-state index in [1.807, 2.05) is 24.3 Å². The Labute approximate surface area is 143 Å². The van der Waals surface area contributed by atoms with Crippen LogP contribution in [-0.2, 0) is 10.0 Å². The van der Waals surface area contributed by atoms with Gasteiger partial charge in [0.2, 0.25) is 0 Å². The molecule has 108 valence electrons. The van der Waals surface area contributed by atoms with E-state index in [0.29, 0.717) is 8.81 Å². The molecule has 0 saturated carbocycles. The van der Waals surface area contributed by atoms with Gasteiger partial charge in [0.25, 0.3) is 10.0 Å². The minimum atomic E-state index is -3.58. The Balaban J connectivity index is 2.21. The van der Waals surface area contributed by atoms with Crippen LogP contribution in [0.4, 0.5) is 0 Å². The van der Waals surface area contributed by atoms with Crippen molar-refractivity contribution in [1.82, 2.24) is 4.72 Å². The number of hydrogen-bond acceptors (Lipinski definition) is 3. The van der Waals surface area contributed by atoms with Gasteiger partial charge in [-0.25, -0.2) is 13.1 Å². The predicted octanol–water partition coefficient (Wildman–Crippen LogP) is 4.97. The lowest BCUT2D eigenvalue weighted by molar-refractivity contribution is 0.569. The summed E-state index contributed by atoms with van der Waals surface area (Å²) >= 11 is 13.5. The first-order chi connectivity index (χ1) is 9.29. The van der Waals surface area contributed by atoms with Gasteiger partial charge in [-0.15, -0.1) is 11.3 Å². The zero-order chi connectivity index (χ0) is 14.9. The van der Waals surface area contributed by atoms with E-state index in [1.165, 1.54) is 6.07 Å². The predicted molar refractivity (Wildman–Crippen MR) is 89.9 cm³/mol. The summed E-state index contributed by atoms with van der Waals surface area (Å²) in [5, 5.41) is 0.395. The maximum Gasteiger partial charge on any atom is 0.250 e. The van der Waals surface area contributed by atoms with Crippen LogP contribution >= 0.6 is 54.8 Å². The molecule has 0 aliphatic carbocycles. The van der Waals surface area contributed by atoms with Crippen LogP contribution in [0.3, 0.4) is 0 Å². The molecule has 1 heterocycles. The van der Waals surface area contributed by atoms with Crippen molar-refractivity contribution in [2.75, 3.05) is 0 Å². The molecule has 0 bridgehead atoms. The maximum atomic E-state index is 12.3. The first-order valence-electron chi connectivity index (χ1n) is 5.52. The smallest absolute Gasteiger partial charge is 0.206 e. The normalized spacial score (nSPS) is 13.4. The average molecular weight is 460 g/mol. The zero-order valence-electron chi connectivity index (χ0n) is 10.2. The highest BCUT2D eigenvalue weighted by Crippen LogP contribution is 2.35. The summed E-state index contributed by atoms with van der Waals surface area (Å²) in [7, 11) is -3.58. The second-order valence-corrected chi connectivity index (χ2v) is 9.72. The number of benzene rings is 1. The summed E-state index contributed by atoms with van der Waals surface area (Å²) in [5.74, 6) is 0. The standard InChI is InChI=1S/C12H10Br2ClNO2S2/c1-7(8-2-4-9(13)5-3-8)16-20(17,18)11-6-10(15)12(14)19-11/h2-7,16H,1H3/t7-/m0/s1. The van der Waals surface area contributed by atoms with Gasteiger partial charge in [0.05, 0.1) is 8.81 Å². The average Bonchev–Trinajstić information content (AvgIpc) is 2.71. The Kier molecular flexibility index (Phi) is 5.31. The van der Waals surface area contributed by atoms with E-state index < -0.39 is 10.0 Å². The molecule has 8 heteroatoms. The third kappa shape index (κ3) is 3.84. The molecule has 3 nitrogen and oxygen atoms in total. The van der Waals surface area contributed by atoms with Crippen molar-refractivity contribution in [2.24, 2.45) is 0 Å². The van der Waals surface area contributed by atoms with E-state index in [9.17, 15) is 8.42 Å². The number of nitrogens with one attached hydrogen (secondary N) is 1. The first-order valence-corrected chi connectivity index (χ1v) is 9.78. The molecule has 0 spiro atoms. The van der Waals surface area contributed by atoms with Gasteiger partial charge in [0.1, 0.15) is 4.21 Å². The highest BCUT2D eigenvalue weighted by molar-refractivity contribution is 9.11. The van der Waals surface area contributed by atoms with E-state index >= 15 is 0 Å². The van der Waals surface area contributed by atoms with Crippen LogP contribution in [0.15, 0.2) is 42.8 Å². The fourth-order valence-electron chi connectivity index (χ4n) is 1.57. The molecule has 20 heavy (non-hydrogen) atoms. The molecule has 1 aromatic heterocycles. The van der Waals surface area contributed by atoms with Crippen molar-refractivity contribution in [3.8, 4) is 0 Å². The van der Waals surface area contributed by atoms with Gasteiger partial charge in [-0.3, -0.25) is 0 Å². The van der Waals surface area contributed by atoms with Gasteiger partial charge in [0.15, 0.2) is 0 Å². The van der Waals surface area contributed by atoms with Crippen molar-refractivity contribution < 1.29 is 8.42 Å². The number of rotatable bonds is 4. The molecule has 1 atom stereocenters. The lowest BCUT2D eigenvalue weighted by Gasteiger charge is -2.13. The molecule has 0 fully saturated rings. The quantitative estimate of drug-likeness (QED) is 0.702. The summed E-state index contributed by atoms with van der Waals surface area (Å²) < 4.78 is 28.9. The molecule has 1 N–H and O–H groups in total. The van der Waals surface area contributed by atoms with Crippen LogP contribution in [-0.4, -0.2) is 8.42 Å². The van der Waals surface area contributed by atoms with E-state index in [1.54, 1.807) is 6.92 Å². The molecule has 0 aliphatic rings. The second-order valence-electron chi connectivity index (χ2n) is 4.08. The summed E-state index contributed by atoms with van der Waals surface area (Å²) in [6.07, 6.45) is 0. The third-order valence-corrected chi connectivity index (χ3v) is 7.61. The van der Waals surface area contributed by atoms with E-state index in [2.05, 4.69) is 36.6 Å². The molecular formula is C12H10Br2ClNO2S2. The number of sulfonamides is 1. The Bertz CT molecular complexity index is 694. The molecule has 2 rings (SSSR count). The lowest BCUT2D eigenvalue weighted by Crippen LogP contribution is -2.26. The molecule has 0 radical (unpaired) electrons.